The minimum absolute atomic E-state index is 0.508. The summed E-state index contributed by atoms with van der Waals surface area (Å²) in [7, 11) is -0.508. The smallest absolute Gasteiger partial charge is 0.0406 e. The lowest BCUT2D eigenvalue weighted by atomic mass is 10.1. The Balaban J connectivity index is 1.97. The predicted molar refractivity (Wildman–Crippen MR) is 85.7 cm³/mol. The molecule has 1 aliphatic rings. The van der Waals surface area contributed by atoms with Crippen LogP contribution in [0.15, 0.2) is 65.6 Å². The van der Waals surface area contributed by atoms with Gasteiger partial charge in [0.05, 0.1) is 0 Å². The van der Waals surface area contributed by atoms with Crippen molar-refractivity contribution in [2.24, 2.45) is 0 Å². The van der Waals surface area contributed by atoms with Gasteiger partial charge in [0, 0.05) is 15.3 Å². The molecule has 0 saturated heterocycles. The van der Waals surface area contributed by atoms with E-state index in [9.17, 15) is 0 Å². The SMILES string of the molecule is Cc1cccc(C2=CC=[C][SH]2c2ccc(Cl)cc2)c1. The van der Waals surface area contributed by atoms with Crippen molar-refractivity contribution >= 4 is 27.4 Å². The number of benzene rings is 2. The monoisotopic (exact) mass is 285 g/mol. The highest BCUT2D eigenvalue weighted by Gasteiger charge is 2.15. The molecule has 19 heavy (non-hydrogen) atoms. The first kappa shape index (κ1) is 12.6. The van der Waals surface area contributed by atoms with E-state index in [2.05, 4.69) is 54.8 Å². The third kappa shape index (κ3) is 2.63. The zero-order valence-electron chi connectivity index (χ0n) is 10.6. The lowest BCUT2D eigenvalue weighted by Crippen LogP contribution is -1.86. The third-order valence-electron chi connectivity index (χ3n) is 3.08. The van der Waals surface area contributed by atoms with Crippen molar-refractivity contribution in [1.82, 2.24) is 0 Å². The van der Waals surface area contributed by atoms with Crippen LogP contribution in [0.2, 0.25) is 5.02 Å². The topological polar surface area (TPSA) is 0 Å². The van der Waals surface area contributed by atoms with Crippen LogP contribution in [0.3, 0.4) is 0 Å². The average Bonchev–Trinajstić information content (AvgIpc) is 2.89. The number of hydrogen-bond donors (Lipinski definition) is 1. The van der Waals surface area contributed by atoms with Gasteiger partial charge in [-0.15, -0.1) is 0 Å². The van der Waals surface area contributed by atoms with Crippen LogP contribution < -0.4 is 0 Å². The van der Waals surface area contributed by atoms with Crippen LogP contribution in [0.1, 0.15) is 11.1 Å². The fourth-order valence-corrected chi connectivity index (χ4v) is 4.15. The van der Waals surface area contributed by atoms with Crippen LogP contribution in [0.25, 0.3) is 4.91 Å². The van der Waals surface area contributed by atoms with Crippen LogP contribution in [0.5, 0.6) is 0 Å². The van der Waals surface area contributed by atoms with Gasteiger partial charge in [-0.2, -0.15) is 10.9 Å². The number of hydrogen-bond acceptors (Lipinski definition) is 0. The zero-order valence-corrected chi connectivity index (χ0v) is 12.2. The van der Waals surface area contributed by atoms with Gasteiger partial charge < -0.3 is 0 Å². The van der Waals surface area contributed by atoms with Gasteiger partial charge in [0.1, 0.15) is 0 Å². The number of thiol groups is 1. The van der Waals surface area contributed by atoms with Crippen LogP contribution >= 0.6 is 22.5 Å². The van der Waals surface area contributed by atoms with Crippen molar-refractivity contribution in [2.45, 2.75) is 11.8 Å². The molecule has 0 aromatic heterocycles. The molecule has 0 saturated carbocycles. The summed E-state index contributed by atoms with van der Waals surface area (Å²) in [6.45, 7) is 2.13. The number of allylic oxidation sites excluding steroid dienone is 2. The molecular formula is C17H14ClS. The molecule has 1 unspecified atom stereocenters. The van der Waals surface area contributed by atoms with E-state index in [1.165, 1.54) is 20.9 Å². The maximum absolute atomic E-state index is 5.96. The molecule has 0 aliphatic carbocycles. The molecule has 1 aliphatic heterocycles. The van der Waals surface area contributed by atoms with Crippen molar-refractivity contribution in [1.29, 1.82) is 0 Å². The Morgan fingerprint density at radius 2 is 1.84 bits per heavy atom. The normalized spacial score (nSPS) is 19.5. The highest BCUT2D eigenvalue weighted by Crippen LogP contribution is 2.52. The summed E-state index contributed by atoms with van der Waals surface area (Å²) in [6.07, 6.45) is 4.22. The second-order valence-corrected chi connectivity index (χ2v) is 6.89. The van der Waals surface area contributed by atoms with E-state index in [0.717, 1.165) is 5.02 Å². The Morgan fingerprint density at radius 3 is 2.58 bits per heavy atom. The summed E-state index contributed by atoms with van der Waals surface area (Å²) in [5.74, 6) is 0. The highest BCUT2D eigenvalue weighted by atomic mass is 35.5. The van der Waals surface area contributed by atoms with E-state index in [1.54, 1.807) is 0 Å². The van der Waals surface area contributed by atoms with Gasteiger partial charge in [0.25, 0.3) is 0 Å². The maximum Gasteiger partial charge on any atom is 0.0406 e. The van der Waals surface area contributed by atoms with Crippen LogP contribution in [0, 0.1) is 12.3 Å². The quantitative estimate of drug-likeness (QED) is 0.704. The minimum atomic E-state index is -0.508. The molecule has 1 heterocycles. The van der Waals surface area contributed by atoms with Gasteiger partial charge in [-0.05, 0) is 53.8 Å². The lowest BCUT2D eigenvalue weighted by Gasteiger charge is -2.18. The highest BCUT2D eigenvalue weighted by molar-refractivity contribution is 8.26. The fraction of sp³-hybridized carbons (Fsp3) is 0.0588. The van der Waals surface area contributed by atoms with Gasteiger partial charge in [-0.25, -0.2) is 0 Å². The minimum Gasteiger partial charge on any atom is -0.171 e. The zero-order chi connectivity index (χ0) is 13.2. The molecular weight excluding hydrogens is 272 g/mol. The maximum atomic E-state index is 5.96. The van der Waals surface area contributed by atoms with Gasteiger partial charge in [0.2, 0.25) is 0 Å². The van der Waals surface area contributed by atoms with Crippen LogP contribution in [0.4, 0.5) is 0 Å². The fourth-order valence-electron chi connectivity index (χ4n) is 2.17. The first-order valence-electron chi connectivity index (χ1n) is 6.16. The summed E-state index contributed by atoms with van der Waals surface area (Å²) >= 11 is 5.96. The predicted octanol–water partition coefficient (Wildman–Crippen LogP) is 5.38. The molecule has 0 fully saturated rings. The molecule has 1 atom stereocenters. The molecule has 1 radical (unpaired) electrons. The first-order chi connectivity index (χ1) is 9.24. The summed E-state index contributed by atoms with van der Waals surface area (Å²) in [4.78, 5) is 2.65. The van der Waals surface area contributed by atoms with Gasteiger partial charge in [-0.1, -0.05) is 41.4 Å². The number of halogens is 1. The summed E-state index contributed by atoms with van der Waals surface area (Å²) < 4.78 is 0. The van der Waals surface area contributed by atoms with E-state index < -0.39 is 10.9 Å². The standard InChI is InChI=1S/C17H14ClS/c1-13-4-2-5-14(12-13)17-6-3-11-19(17)16-9-7-15(18)8-10-16/h2-10,12,19H,1H3. The van der Waals surface area contributed by atoms with Crippen molar-refractivity contribution in [3.63, 3.8) is 0 Å². The second kappa shape index (κ2) is 5.28. The molecule has 0 bridgehead atoms. The van der Waals surface area contributed by atoms with Crippen LogP contribution in [-0.2, 0) is 0 Å². The molecule has 0 spiro atoms. The van der Waals surface area contributed by atoms with E-state index in [-0.39, 0.29) is 0 Å². The van der Waals surface area contributed by atoms with E-state index >= 15 is 0 Å². The molecule has 0 amide bonds. The summed E-state index contributed by atoms with van der Waals surface area (Å²) in [6, 6.07) is 16.7. The Morgan fingerprint density at radius 1 is 1.05 bits per heavy atom. The van der Waals surface area contributed by atoms with Crippen molar-refractivity contribution in [3.05, 3.63) is 82.2 Å². The molecule has 3 rings (SSSR count). The first-order valence-corrected chi connectivity index (χ1v) is 7.88. The molecule has 95 valence electrons. The Bertz CT molecular complexity index is 653. The number of aryl methyl sites for hydroxylation is 1. The second-order valence-electron chi connectivity index (χ2n) is 4.53. The Hall–Kier alpha value is -1.44. The Labute approximate surface area is 121 Å². The van der Waals surface area contributed by atoms with Crippen molar-refractivity contribution < 1.29 is 0 Å². The van der Waals surface area contributed by atoms with E-state index in [4.69, 9.17) is 11.6 Å². The Kier molecular flexibility index (Phi) is 3.50. The van der Waals surface area contributed by atoms with Crippen molar-refractivity contribution in [3.8, 4) is 0 Å². The molecule has 0 nitrogen and oxygen atoms in total. The average molecular weight is 286 g/mol. The molecule has 0 N–H and O–H groups in total. The van der Waals surface area contributed by atoms with Gasteiger partial charge in [-0.3, -0.25) is 0 Å². The van der Waals surface area contributed by atoms with Gasteiger partial charge in [0.15, 0.2) is 0 Å². The number of rotatable bonds is 2. The molecule has 2 aromatic rings. The van der Waals surface area contributed by atoms with E-state index in [1.807, 2.05) is 18.2 Å². The van der Waals surface area contributed by atoms with Crippen molar-refractivity contribution in [2.75, 3.05) is 0 Å². The summed E-state index contributed by atoms with van der Waals surface area (Å²) in [5, 5.41) is 4.25. The largest absolute Gasteiger partial charge is 0.171 e. The van der Waals surface area contributed by atoms with E-state index in [0.29, 0.717) is 0 Å². The molecule has 2 aromatic carbocycles. The summed E-state index contributed by atoms with van der Waals surface area (Å²) in [5.41, 5.74) is 2.58. The van der Waals surface area contributed by atoms with Crippen LogP contribution in [-0.4, -0.2) is 0 Å². The lowest BCUT2D eigenvalue weighted by molar-refractivity contribution is 1.45. The third-order valence-corrected chi connectivity index (χ3v) is 5.45. The van der Waals surface area contributed by atoms with Gasteiger partial charge >= 0.3 is 0 Å². The molecule has 2 heteroatoms.